The van der Waals surface area contributed by atoms with Gasteiger partial charge in [0.25, 0.3) is 0 Å². The average molecular weight is 284 g/mol. The molecule has 0 bridgehead atoms. The number of aliphatic hydroxyl groups excluding tert-OH is 1. The molecule has 6 heteroatoms. The minimum atomic E-state index is -1.07. The average Bonchev–Trinajstić information content (AvgIpc) is 2.65. The highest BCUT2D eigenvalue weighted by atomic mass is 16.4. The Labute approximate surface area is 119 Å². The first-order valence-corrected chi connectivity index (χ1v) is 7.04. The Hall–Kier alpha value is -1.30. The Morgan fingerprint density at radius 2 is 1.80 bits per heavy atom. The molecule has 1 aliphatic carbocycles. The fourth-order valence-electron chi connectivity index (χ4n) is 3.41. The summed E-state index contributed by atoms with van der Waals surface area (Å²) in [6, 6.07) is -1.32. The zero-order chi connectivity index (χ0) is 15.3. The summed E-state index contributed by atoms with van der Waals surface area (Å²) in [5.74, 6) is -0.682. The smallest absolute Gasteiger partial charge is 0.326 e. The summed E-state index contributed by atoms with van der Waals surface area (Å²) in [5, 5.41) is 21.4. The van der Waals surface area contributed by atoms with Gasteiger partial charge in [-0.1, -0.05) is 27.7 Å². The molecule has 0 radical (unpaired) electrons. The van der Waals surface area contributed by atoms with Crippen LogP contribution in [-0.4, -0.2) is 52.3 Å². The van der Waals surface area contributed by atoms with Gasteiger partial charge in [-0.15, -0.1) is 0 Å². The second-order valence-corrected chi connectivity index (χ2v) is 7.08. The van der Waals surface area contributed by atoms with Crippen molar-refractivity contribution < 1.29 is 19.8 Å². The Bertz CT molecular complexity index is 419. The van der Waals surface area contributed by atoms with Crippen LogP contribution in [0.15, 0.2) is 0 Å². The van der Waals surface area contributed by atoms with Crippen LogP contribution >= 0.6 is 0 Å². The molecule has 20 heavy (non-hydrogen) atoms. The van der Waals surface area contributed by atoms with Crippen LogP contribution in [0.5, 0.6) is 0 Å². The summed E-state index contributed by atoms with van der Waals surface area (Å²) in [6.07, 6.45) is -0.654. The molecule has 0 aromatic carbocycles. The number of rotatable bonds is 3. The third kappa shape index (κ3) is 2.26. The molecule has 1 saturated carbocycles. The van der Waals surface area contributed by atoms with Gasteiger partial charge in [0.2, 0.25) is 0 Å². The number of nitrogens with zero attached hydrogens (tertiary/aromatic N) is 1. The van der Waals surface area contributed by atoms with Gasteiger partial charge in [0.1, 0.15) is 6.04 Å². The molecule has 2 fully saturated rings. The summed E-state index contributed by atoms with van der Waals surface area (Å²) in [6.45, 7) is 9.30. The maximum atomic E-state index is 12.1. The van der Waals surface area contributed by atoms with E-state index in [1.54, 1.807) is 0 Å². The molecule has 1 heterocycles. The molecule has 3 N–H and O–H groups in total. The number of aliphatic hydroxyl groups is 1. The predicted octanol–water partition coefficient (Wildman–Crippen LogP) is 0.898. The molecule has 2 amide bonds. The topological polar surface area (TPSA) is 89.9 Å². The number of β-amino-alcohol motifs (C(OH)–C–C–N with tert-alkyl or cyclic N) is 1. The Kier molecular flexibility index (Phi) is 3.48. The number of carbonyl (C=O) groups excluding carboxylic acids is 1. The van der Waals surface area contributed by atoms with Gasteiger partial charge in [0, 0.05) is 19.5 Å². The zero-order valence-electron chi connectivity index (χ0n) is 12.5. The SMILES string of the molecule is CC1(C)C(CNC(=O)N2C[C@@H](O)C[C@H]2C(=O)O)C1(C)C. The van der Waals surface area contributed by atoms with Gasteiger partial charge in [-0.2, -0.15) is 0 Å². The van der Waals surface area contributed by atoms with Gasteiger partial charge in [0.15, 0.2) is 0 Å². The molecular weight excluding hydrogens is 260 g/mol. The van der Waals surface area contributed by atoms with Gasteiger partial charge in [-0.25, -0.2) is 9.59 Å². The van der Waals surface area contributed by atoms with E-state index in [1.807, 2.05) is 0 Å². The van der Waals surface area contributed by atoms with Crippen LogP contribution in [0.1, 0.15) is 34.1 Å². The maximum absolute atomic E-state index is 12.1. The molecule has 0 aromatic rings. The molecule has 114 valence electrons. The number of likely N-dealkylation sites (tertiary alicyclic amines) is 1. The number of carboxylic acids is 1. The fraction of sp³-hybridized carbons (Fsp3) is 0.857. The maximum Gasteiger partial charge on any atom is 0.326 e. The monoisotopic (exact) mass is 284 g/mol. The van der Waals surface area contributed by atoms with Crippen molar-refractivity contribution in [3.63, 3.8) is 0 Å². The summed E-state index contributed by atoms with van der Waals surface area (Å²) in [5.41, 5.74) is 0.355. The highest BCUT2D eigenvalue weighted by Gasteiger charge is 2.64. The summed E-state index contributed by atoms with van der Waals surface area (Å²) >= 11 is 0. The van der Waals surface area contributed by atoms with Crippen molar-refractivity contribution in [2.75, 3.05) is 13.1 Å². The van der Waals surface area contributed by atoms with Crippen LogP contribution in [0.2, 0.25) is 0 Å². The Morgan fingerprint density at radius 3 is 2.25 bits per heavy atom. The molecule has 6 nitrogen and oxygen atoms in total. The molecule has 2 rings (SSSR count). The summed E-state index contributed by atoms with van der Waals surface area (Å²) < 4.78 is 0. The van der Waals surface area contributed by atoms with Crippen molar-refractivity contribution in [3.05, 3.63) is 0 Å². The number of hydrogen-bond acceptors (Lipinski definition) is 3. The lowest BCUT2D eigenvalue weighted by Crippen LogP contribution is -2.46. The van der Waals surface area contributed by atoms with E-state index in [0.717, 1.165) is 0 Å². The quantitative estimate of drug-likeness (QED) is 0.718. The minimum absolute atomic E-state index is 0.0836. The molecule has 0 aromatic heterocycles. The lowest BCUT2D eigenvalue weighted by atomic mass is 10.0. The van der Waals surface area contributed by atoms with Crippen molar-refractivity contribution in [1.82, 2.24) is 10.2 Å². The molecule has 2 aliphatic rings. The summed E-state index contributed by atoms with van der Waals surface area (Å²) in [4.78, 5) is 24.4. The summed E-state index contributed by atoms with van der Waals surface area (Å²) in [7, 11) is 0. The number of hydrogen-bond donors (Lipinski definition) is 3. The van der Waals surface area contributed by atoms with Gasteiger partial charge < -0.3 is 20.4 Å². The number of amides is 2. The van der Waals surface area contributed by atoms with Crippen molar-refractivity contribution in [1.29, 1.82) is 0 Å². The largest absolute Gasteiger partial charge is 0.480 e. The second-order valence-electron chi connectivity index (χ2n) is 7.08. The van der Waals surface area contributed by atoms with Crippen molar-refractivity contribution in [3.8, 4) is 0 Å². The van der Waals surface area contributed by atoms with E-state index in [-0.39, 0.29) is 23.8 Å². The first-order chi connectivity index (χ1) is 9.09. The number of carboxylic acid groups (broad SMARTS) is 1. The second kappa shape index (κ2) is 4.62. The lowest BCUT2D eigenvalue weighted by Gasteiger charge is -2.21. The molecule has 1 saturated heterocycles. The molecule has 2 atom stereocenters. The normalized spacial score (nSPS) is 31.1. The highest BCUT2D eigenvalue weighted by molar-refractivity contribution is 5.83. The highest BCUT2D eigenvalue weighted by Crippen LogP contribution is 2.67. The number of aliphatic carboxylic acids is 1. The van der Waals surface area contributed by atoms with Gasteiger partial charge in [-0.05, 0) is 16.7 Å². The van der Waals surface area contributed by atoms with E-state index in [0.29, 0.717) is 12.5 Å². The van der Waals surface area contributed by atoms with Crippen molar-refractivity contribution in [2.45, 2.75) is 46.3 Å². The van der Waals surface area contributed by atoms with Crippen molar-refractivity contribution in [2.24, 2.45) is 16.7 Å². The van der Waals surface area contributed by atoms with E-state index in [4.69, 9.17) is 5.11 Å². The lowest BCUT2D eigenvalue weighted by molar-refractivity contribution is -0.141. The van der Waals surface area contributed by atoms with Crippen LogP contribution in [0.25, 0.3) is 0 Å². The standard InChI is InChI=1S/C14H24N2O4/c1-13(2)10(14(13,3)4)6-15-12(20)16-7-8(17)5-9(16)11(18)19/h8-10,17H,5-7H2,1-4H3,(H,15,20)(H,18,19)/t8-,9-/m0/s1. The Morgan fingerprint density at radius 1 is 1.25 bits per heavy atom. The molecular formula is C14H24N2O4. The number of nitrogens with one attached hydrogen (secondary N) is 1. The van der Waals surface area contributed by atoms with Crippen LogP contribution in [0, 0.1) is 16.7 Å². The molecule has 0 unspecified atom stereocenters. The minimum Gasteiger partial charge on any atom is -0.480 e. The third-order valence-electron chi connectivity index (χ3n) is 5.60. The van der Waals surface area contributed by atoms with Gasteiger partial charge >= 0.3 is 12.0 Å². The number of carbonyl (C=O) groups is 2. The Balaban J connectivity index is 1.91. The van der Waals surface area contributed by atoms with E-state index < -0.39 is 24.1 Å². The van der Waals surface area contributed by atoms with Crippen LogP contribution in [-0.2, 0) is 4.79 Å². The predicted molar refractivity (Wildman–Crippen MR) is 73.2 cm³/mol. The first kappa shape index (κ1) is 15.1. The van der Waals surface area contributed by atoms with Crippen LogP contribution < -0.4 is 5.32 Å². The van der Waals surface area contributed by atoms with E-state index >= 15 is 0 Å². The van der Waals surface area contributed by atoms with Crippen LogP contribution in [0.4, 0.5) is 4.79 Å². The van der Waals surface area contributed by atoms with Gasteiger partial charge in [-0.3, -0.25) is 0 Å². The van der Waals surface area contributed by atoms with E-state index in [1.165, 1.54) is 4.90 Å². The fourth-order valence-corrected chi connectivity index (χ4v) is 3.41. The van der Waals surface area contributed by atoms with Crippen LogP contribution in [0.3, 0.4) is 0 Å². The molecule has 0 spiro atoms. The third-order valence-corrected chi connectivity index (χ3v) is 5.60. The number of urea groups is 1. The molecule has 1 aliphatic heterocycles. The first-order valence-electron chi connectivity index (χ1n) is 7.04. The zero-order valence-corrected chi connectivity index (χ0v) is 12.5. The van der Waals surface area contributed by atoms with E-state index in [2.05, 4.69) is 33.0 Å². The van der Waals surface area contributed by atoms with E-state index in [9.17, 15) is 14.7 Å². The van der Waals surface area contributed by atoms with Crippen molar-refractivity contribution >= 4 is 12.0 Å². The van der Waals surface area contributed by atoms with Gasteiger partial charge in [0.05, 0.1) is 6.10 Å².